The summed E-state index contributed by atoms with van der Waals surface area (Å²) >= 11 is 0. The first-order valence-corrected chi connectivity index (χ1v) is 4.38. The van der Waals surface area contributed by atoms with Crippen LogP contribution in [0.4, 0.5) is 5.69 Å². The number of carboxylic acids is 1. The first kappa shape index (κ1) is 11.2. The SMILES string of the molecule is CC(=O)Nc1ccc(C(=O)O)cc1CN. The van der Waals surface area contributed by atoms with Gasteiger partial charge in [0, 0.05) is 19.2 Å². The third kappa shape index (κ3) is 2.78. The molecule has 5 heteroatoms. The summed E-state index contributed by atoms with van der Waals surface area (Å²) in [5, 5.41) is 11.3. The number of carbonyl (C=O) groups is 2. The summed E-state index contributed by atoms with van der Waals surface area (Å²) in [6.07, 6.45) is 0. The van der Waals surface area contributed by atoms with Crippen molar-refractivity contribution < 1.29 is 14.7 Å². The highest BCUT2D eigenvalue weighted by atomic mass is 16.4. The molecule has 4 N–H and O–H groups in total. The van der Waals surface area contributed by atoms with E-state index in [1.807, 2.05) is 0 Å². The molecule has 0 bridgehead atoms. The van der Waals surface area contributed by atoms with Crippen LogP contribution in [0, 0.1) is 0 Å². The predicted molar refractivity (Wildman–Crippen MR) is 55.6 cm³/mol. The molecule has 0 heterocycles. The minimum Gasteiger partial charge on any atom is -0.478 e. The van der Waals surface area contributed by atoms with E-state index >= 15 is 0 Å². The number of nitrogens with two attached hydrogens (primary N) is 1. The van der Waals surface area contributed by atoms with Crippen LogP contribution < -0.4 is 11.1 Å². The summed E-state index contributed by atoms with van der Waals surface area (Å²) in [5.41, 5.74) is 6.76. The molecule has 0 fully saturated rings. The Kier molecular flexibility index (Phi) is 3.41. The molecular formula is C10H12N2O3. The van der Waals surface area contributed by atoms with E-state index in [0.717, 1.165) is 0 Å². The van der Waals surface area contributed by atoms with Gasteiger partial charge < -0.3 is 16.2 Å². The van der Waals surface area contributed by atoms with Crippen molar-refractivity contribution in [1.82, 2.24) is 0 Å². The van der Waals surface area contributed by atoms with Gasteiger partial charge >= 0.3 is 5.97 Å². The van der Waals surface area contributed by atoms with Crippen LogP contribution in [0.3, 0.4) is 0 Å². The number of hydrogen-bond acceptors (Lipinski definition) is 3. The van der Waals surface area contributed by atoms with Crippen molar-refractivity contribution in [3.63, 3.8) is 0 Å². The normalized spacial score (nSPS) is 9.73. The Hall–Kier alpha value is -1.88. The molecule has 5 nitrogen and oxygen atoms in total. The van der Waals surface area contributed by atoms with Crippen LogP contribution in [-0.2, 0) is 11.3 Å². The number of nitrogens with one attached hydrogen (secondary N) is 1. The van der Waals surface area contributed by atoms with E-state index in [1.165, 1.54) is 25.1 Å². The quantitative estimate of drug-likeness (QED) is 0.685. The van der Waals surface area contributed by atoms with Gasteiger partial charge in [-0.1, -0.05) is 0 Å². The summed E-state index contributed by atoms with van der Waals surface area (Å²) in [4.78, 5) is 21.5. The highest BCUT2D eigenvalue weighted by Crippen LogP contribution is 2.17. The highest BCUT2D eigenvalue weighted by Gasteiger charge is 2.07. The van der Waals surface area contributed by atoms with Crippen LogP contribution in [-0.4, -0.2) is 17.0 Å². The molecule has 0 unspecified atom stereocenters. The largest absolute Gasteiger partial charge is 0.478 e. The number of carbonyl (C=O) groups excluding carboxylic acids is 1. The van der Waals surface area contributed by atoms with Crippen molar-refractivity contribution in [3.05, 3.63) is 29.3 Å². The van der Waals surface area contributed by atoms with E-state index in [2.05, 4.69) is 5.32 Å². The summed E-state index contributed by atoms with van der Waals surface area (Å²) in [6.45, 7) is 1.56. The predicted octanol–water partition coefficient (Wildman–Crippen LogP) is 0.802. The van der Waals surface area contributed by atoms with E-state index < -0.39 is 5.97 Å². The lowest BCUT2D eigenvalue weighted by Crippen LogP contribution is -2.11. The third-order valence-electron chi connectivity index (χ3n) is 1.88. The Labute approximate surface area is 86.9 Å². The van der Waals surface area contributed by atoms with Crippen LogP contribution in [0.2, 0.25) is 0 Å². The summed E-state index contributed by atoms with van der Waals surface area (Å²) < 4.78 is 0. The molecule has 0 aliphatic carbocycles. The second-order valence-corrected chi connectivity index (χ2v) is 3.06. The van der Waals surface area contributed by atoms with Gasteiger partial charge in [0.15, 0.2) is 0 Å². The van der Waals surface area contributed by atoms with E-state index in [-0.39, 0.29) is 18.0 Å². The number of benzene rings is 1. The van der Waals surface area contributed by atoms with Crippen molar-refractivity contribution in [1.29, 1.82) is 0 Å². The lowest BCUT2D eigenvalue weighted by molar-refractivity contribution is -0.114. The number of rotatable bonds is 3. The molecule has 0 atom stereocenters. The zero-order valence-corrected chi connectivity index (χ0v) is 8.28. The Bertz CT molecular complexity index is 402. The average Bonchev–Trinajstić information content (AvgIpc) is 2.17. The van der Waals surface area contributed by atoms with Gasteiger partial charge in [-0.15, -0.1) is 0 Å². The topological polar surface area (TPSA) is 92.4 Å². The van der Waals surface area contributed by atoms with Gasteiger partial charge in [-0.3, -0.25) is 4.79 Å². The standard InChI is InChI=1S/C10H12N2O3/c1-6(13)12-9-3-2-7(10(14)15)4-8(9)5-11/h2-4H,5,11H2,1H3,(H,12,13)(H,14,15). The average molecular weight is 208 g/mol. The number of hydrogen-bond donors (Lipinski definition) is 3. The van der Waals surface area contributed by atoms with Crippen LogP contribution in [0.1, 0.15) is 22.8 Å². The van der Waals surface area contributed by atoms with E-state index in [1.54, 1.807) is 0 Å². The highest BCUT2D eigenvalue weighted by molar-refractivity contribution is 5.92. The maximum absolute atomic E-state index is 10.8. The Morgan fingerprint density at radius 2 is 2.13 bits per heavy atom. The summed E-state index contributed by atoms with van der Waals surface area (Å²) in [7, 11) is 0. The van der Waals surface area contributed by atoms with Gasteiger partial charge in [-0.05, 0) is 23.8 Å². The van der Waals surface area contributed by atoms with E-state index in [0.29, 0.717) is 11.3 Å². The van der Waals surface area contributed by atoms with Crippen LogP contribution in [0.5, 0.6) is 0 Å². The van der Waals surface area contributed by atoms with Crippen LogP contribution >= 0.6 is 0 Å². The Morgan fingerprint density at radius 1 is 1.47 bits per heavy atom. The second-order valence-electron chi connectivity index (χ2n) is 3.06. The smallest absolute Gasteiger partial charge is 0.335 e. The monoisotopic (exact) mass is 208 g/mol. The summed E-state index contributed by atoms with van der Waals surface area (Å²) in [6, 6.07) is 4.41. The maximum Gasteiger partial charge on any atom is 0.335 e. The molecule has 0 aromatic heterocycles. The first-order chi connectivity index (χ1) is 7.04. The third-order valence-corrected chi connectivity index (χ3v) is 1.88. The molecule has 0 radical (unpaired) electrons. The number of anilines is 1. The zero-order valence-electron chi connectivity index (χ0n) is 8.28. The minimum atomic E-state index is -1.01. The van der Waals surface area contributed by atoms with Crippen molar-refractivity contribution in [3.8, 4) is 0 Å². The minimum absolute atomic E-state index is 0.157. The van der Waals surface area contributed by atoms with E-state index in [4.69, 9.17) is 10.8 Å². The molecule has 1 aromatic carbocycles. The van der Waals surface area contributed by atoms with Gasteiger partial charge in [-0.2, -0.15) is 0 Å². The fourth-order valence-corrected chi connectivity index (χ4v) is 1.21. The fourth-order valence-electron chi connectivity index (χ4n) is 1.21. The molecule has 1 rings (SSSR count). The molecule has 80 valence electrons. The molecule has 0 saturated carbocycles. The van der Waals surface area contributed by atoms with Crippen molar-refractivity contribution in [2.24, 2.45) is 5.73 Å². The van der Waals surface area contributed by atoms with Crippen molar-refractivity contribution in [2.45, 2.75) is 13.5 Å². The number of amides is 1. The summed E-state index contributed by atoms with van der Waals surface area (Å²) in [5.74, 6) is -1.23. The van der Waals surface area contributed by atoms with Crippen LogP contribution in [0.25, 0.3) is 0 Å². The van der Waals surface area contributed by atoms with Gasteiger partial charge in [0.1, 0.15) is 0 Å². The van der Waals surface area contributed by atoms with Crippen molar-refractivity contribution >= 4 is 17.6 Å². The Balaban J connectivity index is 3.08. The lowest BCUT2D eigenvalue weighted by atomic mass is 10.1. The molecular weight excluding hydrogens is 196 g/mol. The molecule has 15 heavy (non-hydrogen) atoms. The Morgan fingerprint density at radius 3 is 2.60 bits per heavy atom. The van der Waals surface area contributed by atoms with Gasteiger partial charge in [0.05, 0.1) is 5.56 Å². The molecule has 1 amide bonds. The van der Waals surface area contributed by atoms with E-state index in [9.17, 15) is 9.59 Å². The molecule has 1 aromatic rings. The molecule has 0 aliphatic heterocycles. The van der Waals surface area contributed by atoms with Crippen LogP contribution in [0.15, 0.2) is 18.2 Å². The van der Waals surface area contributed by atoms with Gasteiger partial charge in [0.25, 0.3) is 0 Å². The second kappa shape index (κ2) is 4.56. The first-order valence-electron chi connectivity index (χ1n) is 4.38. The number of carboxylic acid groups (broad SMARTS) is 1. The molecule has 0 aliphatic rings. The zero-order chi connectivity index (χ0) is 11.4. The lowest BCUT2D eigenvalue weighted by Gasteiger charge is -2.08. The maximum atomic E-state index is 10.8. The molecule has 0 saturated heterocycles. The number of aromatic carboxylic acids is 1. The van der Waals surface area contributed by atoms with Gasteiger partial charge in [-0.25, -0.2) is 4.79 Å². The fraction of sp³-hybridized carbons (Fsp3) is 0.200. The van der Waals surface area contributed by atoms with Gasteiger partial charge in [0.2, 0.25) is 5.91 Å². The van der Waals surface area contributed by atoms with Crippen molar-refractivity contribution in [2.75, 3.05) is 5.32 Å². The molecule has 0 spiro atoms.